The fourth-order valence-electron chi connectivity index (χ4n) is 4.90. The van der Waals surface area contributed by atoms with E-state index in [1.807, 2.05) is 0 Å². The second kappa shape index (κ2) is 8.51. The van der Waals surface area contributed by atoms with E-state index >= 15 is 0 Å². The summed E-state index contributed by atoms with van der Waals surface area (Å²) in [6, 6.07) is 8.08. The molecule has 0 saturated carbocycles. The number of amides is 2. The quantitative estimate of drug-likeness (QED) is 0.418. The van der Waals surface area contributed by atoms with Crippen molar-refractivity contribution < 1.29 is 27.6 Å². The summed E-state index contributed by atoms with van der Waals surface area (Å²) in [5, 5.41) is 2.47. The fourth-order valence-corrected chi connectivity index (χ4v) is 11.8. The van der Waals surface area contributed by atoms with Gasteiger partial charge in [-0.2, -0.15) is 0 Å². The third-order valence-corrected chi connectivity index (χ3v) is 13.2. The van der Waals surface area contributed by atoms with E-state index in [4.69, 9.17) is 9.57 Å². The van der Waals surface area contributed by atoms with Gasteiger partial charge in [0, 0.05) is 0 Å². The Hall–Kier alpha value is -2.53. The van der Waals surface area contributed by atoms with Crippen LogP contribution in [0.2, 0.25) is 0 Å². The van der Waals surface area contributed by atoms with Crippen molar-refractivity contribution in [3.8, 4) is 0 Å². The molecule has 1 aromatic carbocycles. The number of benzene rings is 1. The average molecular weight is 597 g/mol. The number of aromatic nitrogens is 2. The number of carbonyl (C=O) groups excluding carboxylic acids is 2. The van der Waals surface area contributed by atoms with Gasteiger partial charge in [-0.15, -0.1) is 0 Å². The number of nitrogens with zero attached hydrogens (tertiary/aromatic N) is 4. The Morgan fingerprint density at radius 2 is 1.89 bits per heavy atom. The van der Waals surface area contributed by atoms with Gasteiger partial charge in [0.15, 0.2) is 0 Å². The summed E-state index contributed by atoms with van der Waals surface area (Å²) in [4.78, 5) is 38.2. The molecule has 10 nitrogen and oxygen atoms in total. The Morgan fingerprint density at radius 3 is 2.53 bits per heavy atom. The monoisotopic (exact) mass is 596 g/mol. The molecule has 0 N–H and O–H groups in total. The Kier molecular flexibility index (Phi) is 5.94. The van der Waals surface area contributed by atoms with Crippen LogP contribution in [0.4, 0.5) is 15.3 Å². The molecule has 2 aromatic heterocycles. The van der Waals surface area contributed by atoms with Gasteiger partial charge in [0.2, 0.25) is 0 Å². The molecule has 0 aliphatic carbocycles. The van der Waals surface area contributed by atoms with Crippen LogP contribution in [0.3, 0.4) is 0 Å². The number of pyridine rings is 1. The van der Waals surface area contributed by atoms with Crippen LogP contribution >= 0.6 is 23.2 Å². The third-order valence-electron chi connectivity index (χ3n) is 6.41. The molecule has 3 aromatic rings. The summed E-state index contributed by atoms with van der Waals surface area (Å²) in [5.41, 5.74) is -0.194. The minimum absolute atomic E-state index is 0.121. The van der Waals surface area contributed by atoms with Crippen LogP contribution in [0.1, 0.15) is 20.8 Å². The van der Waals surface area contributed by atoms with E-state index in [0.29, 0.717) is 33.6 Å². The number of halogens is 1. The molecule has 192 valence electrons. The van der Waals surface area contributed by atoms with Gasteiger partial charge in [0.25, 0.3) is 0 Å². The van der Waals surface area contributed by atoms with Crippen LogP contribution in [0.25, 0.3) is 11.0 Å². The number of fused-ring (bicyclic) bond motifs is 4. The van der Waals surface area contributed by atoms with Gasteiger partial charge in [0.1, 0.15) is 0 Å². The number of rotatable bonds is 3. The molecule has 13 heteroatoms. The Bertz CT molecular complexity index is 1500. The minimum atomic E-state index is -3.95. The molecule has 36 heavy (non-hydrogen) atoms. The predicted molar refractivity (Wildman–Crippen MR) is 142 cm³/mol. The molecule has 5 rings (SSSR count). The molecular weight excluding hydrogens is 571 g/mol. The van der Waals surface area contributed by atoms with E-state index in [0.717, 1.165) is 3.97 Å². The van der Waals surface area contributed by atoms with Crippen molar-refractivity contribution >= 4 is 67.0 Å². The normalized spacial score (nSPS) is 18.2. The zero-order valence-corrected chi connectivity index (χ0v) is 23.6. The SMILES string of the molecule is CON1C(=O)[PH]2(CCN(C(=O)OC(C)(C)C)C2)c2c1cnc1c2c(Br)cn1S(=O)(=O)c1ccccc1. The molecule has 0 radical (unpaired) electrons. The summed E-state index contributed by atoms with van der Waals surface area (Å²) in [5.74, 6) is 0. The summed E-state index contributed by atoms with van der Waals surface area (Å²) >= 11 is 3.53. The van der Waals surface area contributed by atoms with Gasteiger partial charge in [-0.25, -0.2) is 0 Å². The van der Waals surface area contributed by atoms with Crippen molar-refractivity contribution in [2.75, 3.05) is 31.2 Å². The van der Waals surface area contributed by atoms with Crippen molar-refractivity contribution in [2.24, 2.45) is 0 Å². The van der Waals surface area contributed by atoms with E-state index in [1.165, 1.54) is 36.7 Å². The Labute approximate surface area is 217 Å². The van der Waals surface area contributed by atoms with Crippen LogP contribution in [-0.4, -0.2) is 65.7 Å². The Balaban J connectivity index is 1.68. The van der Waals surface area contributed by atoms with Gasteiger partial charge in [-0.05, 0) is 0 Å². The fraction of sp³-hybridized carbons (Fsp3) is 0.348. The molecule has 0 unspecified atom stereocenters. The molecule has 2 amide bonds. The van der Waals surface area contributed by atoms with Gasteiger partial charge >= 0.3 is 218 Å². The summed E-state index contributed by atoms with van der Waals surface area (Å²) in [7, 11) is -5.64. The first-order valence-electron chi connectivity index (χ1n) is 11.3. The molecule has 4 heterocycles. The Morgan fingerprint density at radius 1 is 1.19 bits per heavy atom. The first kappa shape index (κ1) is 25.1. The van der Waals surface area contributed by atoms with Gasteiger partial charge in [-0.3, -0.25) is 0 Å². The molecular formula is C23H26BrN4O6PS. The molecule has 1 saturated heterocycles. The van der Waals surface area contributed by atoms with Crippen molar-refractivity contribution in [1.29, 1.82) is 0 Å². The maximum absolute atomic E-state index is 13.8. The van der Waals surface area contributed by atoms with E-state index in [9.17, 15) is 18.0 Å². The van der Waals surface area contributed by atoms with Gasteiger partial charge in [-0.1, -0.05) is 0 Å². The van der Waals surface area contributed by atoms with E-state index in [-0.39, 0.29) is 22.5 Å². The van der Waals surface area contributed by atoms with Crippen LogP contribution < -0.4 is 10.4 Å². The van der Waals surface area contributed by atoms with Crippen LogP contribution in [-0.2, 0) is 19.6 Å². The van der Waals surface area contributed by atoms with Crippen molar-refractivity contribution in [2.45, 2.75) is 31.3 Å². The zero-order chi connectivity index (χ0) is 26.0. The summed E-state index contributed by atoms with van der Waals surface area (Å²) in [6.45, 7) is 5.73. The number of anilines is 1. The van der Waals surface area contributed by atoms with Crippen molar-refractivity contribution in [1.82, 2.24) is 13.9 Å². The molecule has 0 atom stereocenters. The molecule has 0 bridgehead atoms. The van der Waals surface area contributed by atoms with Crippen LogP contribution in [0.5, 0.6) is 0 Å². The van der Waals surface area contributed by atoms with Crippen LogP contribution in [0, 0.1) is 0 Å². The first-order chi connectivity index (χ1) is 16.9. The molecule has 1 fully saturated rings. The number of hydroxylamine groups is 1. The standard InChI is InChI=1S/C23H26BrN4O6PS/c1-23(2,3)34-21(29)26-10-11-35(14-26)19-17(28(33-4)22(35)30)12-25-20-18(19)16(24)13-27(20)36(31,32)15-8-6-5-7-9-15/h5-9,12-13,35H,10-11,14H2,1-4H3. The number of hydrogen-bond acceptors (Lipinski definition) is 7. The zero-order valence-electron chi connectivity index (χ0n) is 20.2. The summed E-state index contributed by atoms with van der Waals surface area (Å²) in [6.07, 6.45) is 3.12. The number of ether oxygens (including phenoxy) is 1. The van der Waals surface area contributed by atoms with Crippen molar-refractivity contribution in [3.63, 3.8) is 0 Å². The first-order valence-corrected chi connectivity index (χ1v) is 15.9. The second-order valence-corrected chi connectivity index (χ2v) is 16.4. The van der Waals surface area contributed by atoms with Crippen molar-refractivity contribution in [3.05, 3.63) is 47.2 Å². The topological polar surface area (TPSA) is 111 Å². The molecule has 2 aliphatic rings. The second-order valence-electron chi connectivity index (χ2n) is 9.82. The maximum atomic E-state index is 13.8. The average Bonchev–Trinajstić information content (AvgIpc) is 3.48. The van der Waals surface area contributed by atoms with Gasteiger partial charge in [0.05, 0.1) is 0 Å². The predicted octanol–water partition coefficient (Wildman–Crippen LogP) is 4.12. The number of hydrogen-bond donors (Lipinski definition) is 0. The van der Waals surface area contributed by atoms with Gasteiger partial charge < -0.3 is 0 Å². The summed E-state index contributed by atoms with van der Waals surface area (Å²) < 4.78 is 34.1. The van der Waals surface area contributed by atoms with E-state index < -0.39 is 29.0 Å². The molecule has 1 spiro atoms. The van der Waals surface area contributed by atoms with E-state index in [1.54, 1.807) is 43.9 Å². The van der Waals surface area contributed by atoms with E-state index in [2.05, 4.69) is 20.9 Å². The number of carbonyl (C=O) groups is 2. The van der Waals surface area contributed by atoms with Crippen LogP contribution in [0.15, 0.2) is 52.1 Å². The molecule has 2 aliphatic heterocycles. The third kappa shape index (κ3) is 3.73.